The molecule has 0 spiro atoms. The molecule has 1 amide bonds. The summed E-state index contributed by atoms with van der Waals surface area (Å²) >= 11 is 0. The number of cyclic esters (lactones) is 1. The number of rotatable bonds is 15. The number of nitrogens with zero attached hydrogens (tertiary/aromatic N) is 4. The van der Waals surface area contributed by atoms with E-state index >= 15 is 0 Å². The van der Waals surface area contributed by atoms with Crippen molar-refractivity contribution in [2.45, 2.75) is 116 Å². The lowest BCUT2D eigenvalue weighted by molar-refractivity contribution is -0.159. The van der Waals surface area contributed by atoms with Crippen LogP contribution >= 0.6 is 0 Å². The standard InChI is InChI=1S/C45H64N4O13/c1-26(16-17-36(53)28(3)42(55)27(2)18-19-49(6)25-50)38(57-8)21-39-30(5)37(56-7)14-11-15-40-46-33(23-59-40)44-48-34(24-61-44)45-47-32(22-60-45)43(58-9)29(4)35(52)13-10-12-31(51)20-41(54)62-39/h10-11,13,15,18-19,22-31,36-39,42-43,51,53,55H,12,14,16-17,20-21H2,1-9H3. The van der Waals surface area contributed by atoms with Gasteiger partial charge in [0.1, 0.15) is 36.7 Å². The maximum absolute atomic E-state index is 13.5. The lowest BCUT2D eigenvalue weighted by Gasteiger charge is -2.34. The van der Waals surface area contributed by atoms with Crippen LogP contribution in [0.25, 0.3) is 29.2 Å². The van der Waals surface area contributed by atoms with Crippen LogP contribution in [-0.4, -0.2) is 118 Å². The van der Waals surface area contributed by atoms with Crippen molar-refractivity contribution in [3.05, 3.63) is 60.9 Å². The van der Waals surface area contributed by atoms with Crippen LogP contribution in [0.3, 0.4) is 0 Å². The average Bonchev–Trinajstić information content (AvgIpc) is 4.06. The van der Waals surface area contributed by atoms with Gasteiger partial charge in [-0.1, -0.05) is 52.8 Å². The molecule has 4 heterocycles. The summed E-state index contributed by atoms with van der Waals surface area (Å²) < 4.78 is 40.6. The van der Waals surface area contributed by atoms with Crippen LogP contribution in [0.4, 0.5) is 0 Å². The number of carbonyl (C=O) groups is 3. The van der Waals surface area contributed by atoms with E-state index in [1.165, 1.54) is 43.0 Å². The number of methoxy groups -OCH3 is 3. The van der Waals surface area contributed by atoms with Gasteiger partial charge in [-0.15, -0.1) is 0 Å². The molecule has 1 aliphatic heterocycles. The maximum atomic E-state index is 13.5. The zero-order chi connectivity index (χ0) is 45.5. The Balaban J connectivity index is 1.54. The summed E-state index contributed by atoms with van der Waals surface area (Å²) in [5.41, 5.74) is 1.01. The van der Waals surface area contributed by atoms with Gasteiger partial charge in [-0.3, -0.25) is 14.4 Å². The predicted molar refractivity (Wildman–Crippen MR) is 226 cm³/mol. The van der Waals surface area contributed by atoms with Crippen LogP contribution in [-0.2, 0) is 33.3 Å². The van der Waals surface area contributed by atoms with E-state index in [4.69, 9.17) is 32.2 Å². The second kappa shape index (κ2) is 24.2. The van der Waals surface area contributed by atoms with Gasteiger partial charge in [-0.25, -0.2) is 15.0 Å². The number of hydrogen-bond acceptors (Lipinski definition) is 16. The first kappa shape index (κ1) is 49.9. The highest BCUT2D eigenvalue weighted by Crippen LogP contribution is 2.32. The van der Waals surface area contributed by atoms with Gasteiger partial charge in [0.05, 0.1) is 42.9 Å². The van der Waals surface area contributed by atoms with Crippen molar-refractivity contribution < 1.29 is 61.9 Å². The number of oxazole rings is 3. The van der Waals surface area contributed by atoms with E-state index in [-0.39, 0.29) is 60.5 Å². The van der Waals surface area contributed by atoms with E-state index in [1.807, 2.05) is 26.8 Å². The minimum Gasteiger partial charge on any atom is -0.462 e. The summed E-state index contributed by atoms with van der Waals surface area (Å²) in [5.74, 6) is -2.22. The number of amides is 1. The molecule has 12 atom stereocenters. The first-order chi connectivity index (χ1) is 29.6. The predicted octanol–water partition coefficient (Wildman–Crippen LogP) is 5.97. The highest BCUT2D eigenvalue weighted by molar-refractivity contribution is 5.92. The third-order valence-electron chi connectivity index (χ3n) is 11.7. The molecule has 342 valence electrons. The Bertz CT molecular complexity index is 1940. The van der Waals surface area contributed by atoms with E-state index < -0.39 is 60.5 Å². The maximum Gasteiger partial charge on any atom is 0.308 e. The molecule has 3 aromatic rings. The van der Waals surface area contributed by atoms with Gasteiger partial charge >= 0.3 is 5.97 Å². The van der Waals surface area contributed by atoms with Gasteiger partial charge in [-0.05, 0) is 43.8 Å². The number of fused-ring (bicyclic) bond motifs is 8. The molecule has 62 heavy (non-hydrogen) atoms. The largest absolute Gasteiger partial charge is 0.462 e. The molecule has 3 aromatic heterocycles. The topological polar surface area (TPSA) is 230 Å². The SMILES string of the molecule is COC(CC1OC(=O)CC(O)CC=CC(=O)C(C)C(OC)c2coc(n2)-c2coc(n2)-c2coc(n2)C=CCC(OC)C1C)C(C)CCC(O)C(C)C(O)C(C)C=CN(C)C=O. The summed E-state index contributed by atoms with van der Waals surface area (Å²) in [6, 6.07) is 0. The molecule has 17 nitrogen and oxygen atoms in total. The number of carbonyl (C=O) groups excluding carboxylic acids is 3. The molecule has 0 aromatic carbocycles. The number of esters is 1. The molecule has 0 saturated heterocycles. The molecule has 6 bridgehead atoms. The van der Waals surface area contributed by atoms with Crippen molar-refractivity contribution in [3.8, 4) is 23.2 Å². The quantitative estimate of drug-likeness (QED) is 0.118. The fourth-order valence-corrected chi connectivity index (χ4v) is 7.44. The Kier molecular flexibility index (Phi) is 19.4. The van der Waals surface area contributed by atoms with Gasteiger partial charge in [0, 0.05) is 58.8 Å². The Morgan fingerprint density at radius 1 is 0.903 bits per heavy atom. The summed E-state index contributed by atoms with van der Waals surface area (Å²) in [6.45, 7) is 9.21. The van der Waals surface area contributed by atoms with E-state index in [2.05, 4.69) is 15.0 Å². The minimum absolute atomic E-state index is 0.0138. The van der Waals surface area contributed by atoms with Crippen molar-refractivity contribution in [3.63, 3.8) is 0 Å². The second-order valence-electron chi connectivity index (χ2n) is 16.3. The molecule has 4 rings (SSSR count). The Labute approximate surface area is 363 Å². The smallest absolute Gasteiger partial charge is 0.308 e. The number of aromatic nitrogens is 3. The van der Waals surface area contributed by atoms with Crippen LogP contribution in [0.2, 0.25) is 0 Å². The normalized spacial score (nSPS) is 25.0. The highest BCUT2D eigenvalue weighted by Gasteiger charge is 2.34. The van der Waals surface area contributed by atoms with E-state index in [9.17, 15) is 29.7 Å². The summed E-state index contributed by atoms with van der Waals surface area (Å²) in [7, 11) is 6.21. The average molecular weight is 869 g/mol. The van der Waals surface area contributed by atoms with Crippen molar-refractivity contribution in [1.29, 1.82) is 0 Å². The third kappa shape index (κ3) is 13.9. The molecule has 17 heteroatoms. The van der Waals surface area contributed by atoms with Gasteiger partial charge in [-0.2, -0.15) is 0 Å². The van der Waals surface area contributed by atoms with E-state index in [0.29, 0.717) is 42.8 Å². The van der Waals surface area contributed by atoms with Crippen molar-refractivity contribution >= 4 is 24.2 Å². The van der Waals surface area contributed by atoms with Gasteiger partial charge in [0.15, 0.2) is 17.2 Å². The Morgan fingerprint density at radius 2 is 1.58 bits per heavy atom. The molecule has 12 unspecified atom stereocenters. The second-order valence-corrected chi connectivity index (χ2v) is 16.3. The van der Waals surface area contributed by atoms with Crippen LogP contribution in [0.5, 0.6) is 0 Å². The number of aliphatic hydroxyl groups is 3. The van der Waals surface area contributed by atoms with Gasteiger partial charge < -0.3 is 52.4 Å². The number of ether oxygens (including phenoxy) is 4. The molecular formula is C45H64N4O13. The van der Waals surface area contributed by atoms with E-state index in [1.54, 1.807) is 53.5 Å². The zero-order valence-corrected chi connectivity index (χ0v) is 37.2. The Morgan fingerprint density at radius 3 is 2.27 bits per heavy atom. The minimum atomic E-state index is -1.14. The highest BCUT2D eigenvalue weighted by atomic mass is 16.6. The van der Waals surface area contributed by atoms with Crippen molar-refractivity contribution in [2.75, 3.05) is 28.4 Å². The molecule has 0 aliphatic carbocycles. The fraction of sp³-hybridized carbons (Fsp3) is 0.600. The molecular weight excluding hydrogens is 805 g/mol. The molecule has 0 saturated carbocycles. The summed E-state index contributed by atoms with van der Waals surface area (Å²) in [6.07, 6.45) is 10.7. The first-order valence-electron chi connectivity index (χ1n) is 21.0. The number of aliphatic hydroxyl groups excluding tert-OH is 3. The molecule has 0 fully saturated rings. The zero-order valence-electron chi connectivity index (χ0n) is 37.2. The van der Waals surface area contributed by atoms with Crippen LogP contribution in [0, 0.1) is 29.6 Å². The number of hydrogen-bond donors (Lipinski definition) is 3. The Hall–Kier alpha value is -4.78. The van der Waals surface area contributed by atoms with Crippen LogP contribution in [0.15, 0.2) is 62.5 Å². The first-order valence-corrected chi connectivity index (χ1v) is 21.0. The third-order valence-corrected chi connectivity index (χ3v) is 11.7. The molecule has 1 aliphatic rings. The van der Waals surface area contributed by atoms with Gasteiger partial charge in [0.25, 0.3) is 0 Å². The van der Waals surface area contributed by atoms with Crippen LogP contribution in [0.1, 0.15) is 90.8 Å². The summed E-state index contributed by atoms with van der Waals surface area (Å²) in [5, 5.41) is 32.9. The monoisotopic (exact) mass is 868 g/mol. The summed E-state index contributed by atoms with van der Waals surface area (Å²) in [4.78, 5) is 52.4. The van der Waals surface area contributed by atoms with E-state index in [0.717, 1.165) is 0 Å². The molecule has 0 radical (unpaired) electrons. The lowest BCUT2D eigenvalue weighted by Crippen LogP contribution is -2.39. The molecule has 3 N–H and O–H groups in total. The van der Waals surface area contributed by atoms with Crippen molar-refractivity contribution in [2.24, 2.45) is 29.6 Å². The van der Waals surface area contributed by atoms with Crippen LogP contribution < -0.4 is 0 Å². The van der Waals surface area contributed by atoms with Crippen molar-refractivity contribution in [1.82, 2.24) is 19.9 Å². The fourth-order valence-electron chi connectivity index (χ4n) is 7.44. The number of allylic oxidation sites excluding steroid dienone is 1. The number of ketones is 1. The lowest BCUT2D eigenvalue weighted by atomic mass is 9.84. The van der Waals surface area contributed by atoms with Gasteiger partial charge in [0.2, 0.25) is 24.1 Å².